The Morgan fingerprint density at radius 3 is 1.96 bits per heavy atom. The third kappa shape index (κ3) is 6.62. The second-order valence-electron chi connectivity index (χ2n) is 5.61. The molecule has 0 aliphatic rings. The number of benzene rings is 2. The van der Waals surface area contributed by atoms with Gasteiger partial charge in [0.1, 0.15) is 6.04 Å². The number of aliphatic hydroxyl groups is 1. The molecule has 6 heteroatoms. The fourth-order valence-electron chi connectivity index (χ4n) is 2.13. The van der Waals surface area contributed by atoms with E-state index in [1.165, 1.54) is 12.4 Å². The largest absolute Gasteiger partial charge is 0.391 e. The summed E-state index contributed by atoms with van der Waals surface area (Å²) in [4.78, 5) is 23.6. The number of amides is 2. The Balaban J connectivity index is 0.00000392. The molecule has 2 amide bonds. The van der Waals surface area contributed by atoms with Gasteiger partial charge in [-0.15, -0.1) is 0 Å². The molecule has 0 saturated carbocycles. The van der Waals surface area contributed by atoms with Crippen molar-refractivity contribution < 1.29 is 19.9 Å². The van der Waals surface area contributed by atoms with Gasteiger partial charge in [0.25, 0.3) is 11.8 Å². The van der Waals surface area contributed by atoms with E-state index in [0.717, 1.165) is 5.56 Å². The van der Waals surface area contributed by atoms with Crippen LogP contribution in [0.15, 0.2) is 54.6 Å². The zero-order valence-electron chi connectivity index (χ0n) is 14.6. The summed E-state index contributed by atoms with van der Waals surface area (Å²) in [6.45, 7) is 1.33. The fourth-order valence-corrected chi connectivity index (χ4v) is 2.13. The van der Waals surface area contributed by atoms with Gasteiger partial charge in [-0.3, -0.25) is 14.8 Å². The molecule has 144 valence electrons. The van der Waals surface area contributed by atoms with Gasteiger partial charge in [0, 0.05) is 16.7 Å². The smallest absolute Gasteiger partial charge is 0.268 e. The Morgan fingerprint density at radius 2 is 1.46 bits per heavy atom. The molecule has 0 heterocycles. The van der Waals surface area contributed by atoms with Gasteiger partial charge in [-0.2, -0.15) is 0 Å². The fraction of sp³-hybridized carbons (Fsp3) is 0.182. The first kappa shape index (κ1) is 22.5. The maximum Gasteiger partial charge on any atom is 0.268 e. The third-order valence-electron chi connectivity index (χ3n) is 3.56. The highest BCUT2D eigenvalue weighted by atomic mass is 16.5. The standard InChI is InChI=1S/C21H18N2O4.CH4/c1-15(24)19(21(26)23-27)22-20(25)18-13-11-17(12-14-18)10-6-5-9-16-7-3-2-4-8-16;/h2-4,7-8,11-15,19,24,27H,1H3,(H,22,25)(H,23,26);1H4/t15-,19-;/m0./s1. The minimum atomic E-state index is -1.27. The minimum absolute atomic E-state index is 0. The van der Waals surface area contributed by atoms with Crippen molar-refractivity contribution in [3.8, 4) is 23.7 Å². The van der Waals surface area contributed by atoms with Crippen LogP contribution in [0, 0.1) is 23.7 Å². The average molecular weight is 378 g/mol. The van der Waals surface area contributed by atoms with Gasteiger partial charge in [-0.05, 0) is 55.2 Å². The summed E-state index contributed by atoms with van der Waals surface area (Å²) in [6.07, 6.45) is -1.17. The van der Waals surface area contributed by atoms with Crippen LogP contribution in [0.1, 0.15) is 35.8 Å². The molecular formula is C22H22N2O4. The number of carbonyl (C=O) groups is 2. The SMILES string of the molecule is C.C[C@H](O)[C@H](NC(=O)c1ccc(C#CC#Cc2ccccc2)cc1)C(=O)NO. The minimum Gasteiger partial charge on any atom is -0.391 e. The molecule has 6 nitrogen and oxygen atoms in total. The van der Waals surface area contributed by atoms with E-state index in [0.29, 0.717) is 5.56 Å². The molecule has 0 spiro atoms. The van der Waals surface area contributed by atoms with E-state index in [-0.39, 0.29) is 13.0 Å². The van der Waals surface area contributed by atoms with Crippen molar-refractivity contribution in [1.29, 1.82) is 0 Å². The lowest BCUT2D eigenvalue weighted by Crippen LogP contribution is -2.51. The van der Waals surface area contributed by atoms with Crippen molar-refractivity contribution in [2.45, 2.75) is 26.5 Å². The van der Waals surface area contributed by atoms with Gasteiger partial charge in [0.05, 0.1) is 6.10 Å². The van der Waals surface area contributed by atoms with E-state index < -0.39 is 24.0 Å². The van der Waals surface area contributed by atoms with Crippen LogP contribution in [0.5, 0.6) is 0 Å². The summed E-state index contributed by atoms with van der Waals surface area (Å²) in [5, 5.41) is 20.6. The van der Waals surface area contributed by atoms with Crippen LogP contribution < -0.4 is 10.8 Å². The molecule has 2 aromatic rings. The summed E-state index contributed by atoms with van der Waals surface area (Å²) in [5.74, 6) is 9.83. The first-order chi connectivity index (χ1) is 13.0. The Hall–Kier alpha value is -3.58. The summed E-state index contributed by atoms with van der Waals surface area (Å²) in [6, 6.07) is 14.6. The molecule has 0 aliphatic carbocycles. The van der Waals surface area contributed by atoms with Crippen LogP contribution in [0.25, 0.3) is 0 Å². The lowest BCUT2D eigenvalue weighted by Gasteiger charge is -2.19. The molecule has 0 aliphatic heterocycles. The van der Waals surface area contributed by atoms with Crippen LogP contribution in [-0.2, 0) is 4.79 Å². The van der Waals surface area contributed by atoms with Gasteiger partial charge in [-0.25, -0.2) is 5.48 Å². The zero-order chi connectivity index (χ0) is 19.6. The summed E-state index contributed by atoms with van der Waals surface area (Å²) in [7, 11) is 0. The summed E-state index contributed by atoms with van der Waals surface area (Å²) in [5.41, 5.74) is 3.24. The molecule has 2 atom stereocenters. The van der Waals surface area contributed by atoms with Crippen LogP contribution in [0.3, 0.4) is 0 Å². The number of nitrogens with one attached hydrogen (secondary N) is 2. The number of hydroxylamine groups is 1. The highest BCUT2D eigenvalue weighted by Crippen LogP contribution is 2.05. The molecule has 0 fully saturated rings. The van der Waals surface area contributed by atoms with Crippen LogP contribution in [0.4, 0.5) is 0 Å². The van der Waals surface area contributed by atoms with Crippen LogP contribution in [-0.4, -0.2) is 34.3 Å². The van der Waals surface area contributed by atoms with Crippen LogP contribution >= 0.6 is 0 Å². The molecule has 0 radical (unpaired) electrons. The molecule has 28 heavy (non-hydrogen) atoms. The van der Waals surface area contributed by atoms with E-state index in [4.69, 9.17) is 5.21 Å². The molecule has 0 bridgehead atoms. The van der Waals surface area contributed by atoms with Gasteiger partial charge in [0.2, 0.25) is 0 Å². The second-order valence-corrected chi connectivity index (χ2v) is 5.61. The first-order valence-electron chi connectivity index (χ1n) is 8.11. The Kier molecular flexibility index (Phi) is 8.98. The topological polar surface area (TPSA) is 98.7 Å². The summed E-state index contributed by atoms with van der Waals surface area (Å²) < 4.78 is 0. The maximum atomic E-state index is 12.2. The van der Waals surface area contributed by atoms with Crippen molar-refractivity contribution in [2.75, 3.05) is 0 Å². The molecule has 0 unspecified atom stereocenters. The molecular weight excluding hydrogens is 356 g/mol. The zero-order valence-corrected chi connectivity index (χ0v) is 14.6. The van der Waals surface area contributed by atoms with Gasteiger partial charge < -0.3 is 10.4 Å². The Bertz CT molecular complexity index is 914. The lowest BCUT2D eigenvalue weighted by molar-refractivity contribution is -0.133. The van der Waals surface area contributed by atoms with E-state index in [2.05, 4.69) is 29.0 Å². The quantitative estimate of drug-likeness (QED) is 0.370. The molecule has 4 N–H and O–H groups in total. The Morgan fingerprint density at radius 1 is 0.929 bits per heavy atom. The highest BCUT2D eigenvalue weighted by Gasteiger charge is 2.25. The molecule has 2 aromatic carbocycles. The highest BCUT2D eigenvalue weighted by molar-refractivity contribution is 5.97. The van der Waals surface area contributed by atoms with Gasteiger partial charge in [0.15, 0.2) is 0 Å². The van der Waals surface area contributed by atoms with E-state index in [1.807, 2.05) is 30.3 Å². The molecule has 0 aromatic heterocycles. The molecule has 0 saturated heterocycles. The van der Waals surface area contributed by atoms with Crippen molar-refractivity contribution >= 4 is 11.8 Å². The number of carbonyl (C=O) groups excluding carboxylic acids is 2. The number of rotatable bonds is 4. The predicted molar refractivity (Wildman–Crippen MR) is 106 cm³/mol. The predicted octanol–water partition coefficient (Wildman–Crippen LogP) is 1.71. The van der Waals surface area contributed by atoms with Crippen molar-refractivity contribution in [1.82, 2.24) is 10.8 Å². The first-order valence-corrected chi connectivity index (χ1v) is 8.11. The second kappa shape index (κ2) is 11.2. The van der Waals surface area contributed by atoms with E-state index in [9.17, 15) is 14.7 Å². The van der Waals surface area contributed by atoms with Crippen molar-refractivity contribution in [3.05, 3.63) is 71.3 Å². The van der Waals surface area contributed by atoms with E-state index >= 15 is 0 Å². The summed E-state index contributed by atoms with van der Waals surface area (Å²) >= 11 is 0. The van der Waals surface area contributed by atoms with Crippen molar-refractivity contribution in [2.24, 2.45) is 0 Å². The van der Waals surface area contributed by atoms with Crippen molar-refractivity contribution in [3.63, 3.8) is 0 Å². The van der Waals surface area contributed by atoms with Gasteiger partial charge >= 0.3 is 0 Å². The monoisotopic (exact) mass is 378 g/mol. The third-order valence-corrected chi connectivity index (χ3v) is 3.56. The average Bonchev–Trinajstić information content (AvgIpc) is 2.69. The number of hydrogen-bond acceptors (Lipinski definition) is 4. The van der Waals surface area contributed by atoms with E-state index in [1.54, 1.807) is 24.3 Å². The Labute approximate surface area is 164 Å². The van der Waals surface area contributed by atoms with Crippen LogP contribution in [0.2, 0.25) is 0 Å². The number of aliphatic hydroxyl groups excluding tert-OH is 1. The maximum absolute atomic E-state index is 12.2. The number of hydrogen-bond donors (Lipinski definition) is 4. The normalized spacial score (nSPS) is 11.2. The van der Waals surface area contributed by atoms with Gasteiger partial charge in [-0.1, -0.05) is 37.5 Å². The lowest BCUT2D eigenvalue weighted by atomic mass is 10.1. The molecule has 2 rings (SSSR count).